The predicted molar refractivity (Wildman–Crippen MR) is 120 cm³/mol. The van der Waals surface area contributed by atoms with Crippen molar-refractivity contribution in [3.8, 4) is 11.5 Å². The summed E-state index contributed by atoms with van der Waals surface area (Å²) in [6, 6.07) is 10.5. The third-order valence-electron chi connectivity index (χ3n) is 4.16. The van der Waals surface area contributed by atoms with Crippen LogP contribution in [0.1, 0.15) is 11.1 Å². The molecule has 0 saturated carbocycles. The van der Waals surface area contributed by atoms with Gasteiger partial charge in [0.05, 0.1) is 15.6 Å². The number of hydrogen-bond donors (Lipinski definition) is 2. The Balaban J connectivity index is 1.76. The average Bonchev–Trinajstić information content (AvgIpc) is 2.93. The van der Waals surface area contributed by atoms with Gasteiger partial charge in [-0.2, -0.15) is 0 Å². The Morgan fingerprint density at radius 1 is 1.31 bits per heavy atom. The number of nitrogens with one attached hydrogen (secondary N) is 1. The molecule has 1 aliphatic rings. The summed E-state index contributed by atoms with van der Waals surface area (Å²) in [5.74, 6) is -0.725. The molecular weight excluding hydrogens is 507 g/mol. The average molecular weight is 524 g/mol. The Morgan fingerprint density at radius 2 is 2.03 bits per heavy atom. The number of thioether (sulfide) groups is 1. The van der Waals surface area contributed by atoms with Gasteiger partial charge in [-0.25, -0.2) is 0 Å². The van der Waals surface area contributed by atoms with Crippen molar-refractivity contribution in [1.82, 2.24) is 4.90 Å². The van der Waals surface area contributed by atoms with Gasteiger partial charge >= 0.3 is 0 Å². The number of amides is 3. The highest BCUT2D eigenvalue weighted by Crippen LogP contribution is 2.36. The molecule has 2 aromatic rings. The van der Waals surface area contributed by atoms with E-state index in [1.54, 1.807) is 24.3 Å². The minimum atomic E-state index is -0.540. The molecule has 2 aromatic carbocycles. The standard InChI is InChI=1S/C20H17IN2O5S/c1-11-5-3-4-6-14(11)22-17(24)10-23-19(26)16(29-20(23)27)9-12-7-13(21)18(25)15(8-12)28-2/h3-9,25H,10H2,1-2H3,(H,22,24)/b16-9+. The highest BCUT2D eigenvalue weighted by Gasteiger charge is 2.36. The lowest BCUT2D eigenvalue weighted by Gasteiger charge is -2.13. The zero-order valence-corrected chi connectivity index (χ0v) is 18.5. The maximum Gasteiger partial charge on any atom is 0.294 e. The number of nitrogens with zero attached hydrogens (tertiary/aromatic N) is 1. The van der Waals surface area contributed by atoms with Crippen LogP contribution >= 0.6 is 34.4 Å². The van der Waals surface area contributed by atoms with E-state index in [-0.39, 0.29) is 22.9 Å². The third kappa shape index (κ3) is 4.73. The number of carbonyl (C=O) groups excluding carboxylic acids is 3. The Morgan fingerprint density at radius 3 is 2.72 bits per heavy atom. The first-order valence-corrected chi connectivity index (χ1v) is 10.4. The number of benzene rings is 2. The zero-order valence-electron chi connectivity index (χ0n) is 15.6. The molecule has 0 unspecified atom stereocenters. The predicted octanol–water partition coefficient (Wildman–Crippen LogP) is 3.99. The lowest BCUT2D eigenvalue weighted by molar-refractivity contribution is -0.127. The summed E-state index contributed by atoms with van der Waals surface area (Å²) in [5, 5.41) is 12.1. The van der Waals surface area contributed by atoms with E-state index in [9.17, 15) is 19.5 Å². The Kier molecular flexibility index (Phi) is 6.48. The topological polar surface area (TPSA) is 95.9 Å². The molecular formula is C20H17IN2O5S. The van der Waals surface area contributed by atoms with Gasteiger partial charge in [-0.15, -0.1) is 0 Å². The van der Waals surface area contributed by atoms with Gasteiger partial charge in [-0.05, 0) is 76.7 Å². The molecule has 0 radical (unpaired) electrons. The SMILES string of the molecule is COc1cc(/C=C2/SC(=O)N(CC(=O)Nc3ccccc3C)C2=O)cc(I)c1O. The Bertz CT molecular complexity index is 1040. The van der Waals surface area contributed by atoms with Gasteiger partial charge in [0.1, 0.15) is 6.54 Å². The second-order valence-electron chi connectivity index (χ2n) is 6.18. The van der Waals surface area contributed by atoms with E-state index in [2.05, 4.69) is 5.32 Å². The Labute approximate surface area is 185 Å². The van der Waals surface area contributed by atoms with Crippen molar-refractivity contribution in [3.05, 3.63) is 56.0 Å². The first kappa shape index (κ1) is 21.2. The molecule has 7 nitrogen and oxygen atoms in total. The van der Waals surface area contributed by atoms with Crippen molar-refractivity contribution >= 4 is 63.2 Å². The number of phenolic OH excluding ortho intramolecular Hbond substituents is 1. The summed E-state index contributed by atoms with van der Waals surface area (Å²) in [6.07, 6.45) is 1.54. The number of halogens is 1. The highest BCUT2D eigenvalue weighted by atomic mass is 127. The molecule has 1 aliphatic heterocycles. The third-order valence-corrected chi connectivity index (χ3v) is 5.89. The fourth-order valence-electron chi connectivity index (χ4n) is 2.67. The van der Waals surface area contributed by atoms with Gasteiger partial charge in [0.15, 0.2) is 11.5 Å². The maximum atomic E-state index is 12.6. The van der Waals surface area contributed by atoms with Crippen molar-refractivity contribution in [1.29, 1.82) is 0 Å². The van der Waals surface area contributed by atoms with Crippen molar-refractivity contribution in [3.63, 3.8) is 0 Å². The van der Waals surface area contributed by atoms with E-state index < -0.39 is 17.1 Å². The van der Waals surface area contributed by atoms with Gasteiger partial charge < -0.3 is 15.2 Å². The first-order valence-electron chi connectivity index (χ1n) is 8.47. The molecule has 1 heterocycles. The number of ether oxygens (including phenoxy) is 1. The molecule has 0 aromatic heterocycles. The van der Waals surface area contributed by atoms with Crippen LogP contribution in [-0.2, 0) is 9.59 Å². The number of imide groups is 1. The molecule has 0 bridgehead atoms. The van der Waals surface area contributed by atoms with Crippen LogP contribution in [0.5, 0.6) is 11.5 Å². The number of anilines is 1. The normalized spacial score (nSPS) is 15.1. The second kappa shape index (κ2) is 8.87. The van der Waals surface area contributed by atoms with Gasteiger partial charge in [0, 0.05) is 5.69 Å². The lowest BCUT2D eigenvalue weighted by atomic mass is 10.2. The number of rotatable bonds is 5. The molecule has 1 saturated heterocycles. The minimum absolute atomic E-state index is 0.00577. The summed E-state index contributed by atoms with van der Waals surface area (Å²) in [6.45, 7) is 1.48. The van der Waals surface area contributed by atoms with E-state index in [1.165, 1.54) is 13.2 Å². The molecule has 9 heteroatoms. The minimum Gasteiger partial charge on any atom is -0.504 e. The van der Waals surface area contributed by atoms with Crippen LogP contribution in [0.3, 0.4) is 0 Å². The van der Waals surface area contributed by atoms with Crippen molar-refractivity contribution in [2.45, 2.75) is 6.92 Å². The maximum absolute atomic E-state index is 12.6. The van der Waals surface area contributed by atoms with Crippen molar-refractivity contribution < 1.29 is 24.2 Å². The van der Waals surface area contributed by atoms with Crippen LogP contribution in [0.25, 0.3) is 6.08 Å². The zero-order chi connectivity index (χ0) is 21.1. The molecule has 3 amide bonds. The number of aromatic hydroxyl groups is 1. The highest BCUT2D eigenvalue weighted by molar-refractivity contribution is 14.1. The quantitative estimate of drug-likeness (QED) is 0.454. The monoisotopic (exact) mass is 524 g/mol. The van der Waals surface area contributed by atoms with Gasteiger partial charge in [0.2, 0.25) is 5.91 Å². The van der Waals surface area contributed by atoms with Crippen LogP contribution < -0.4 is 10.1 Å². The molecule has 150 valence electrons. The summed E-state index contributed by atoms with van der Waals surface area (Å²) in [5.41, 5.74) is 2.11. The molecule has 3 rings (SSSR count). The summed E-state index contributed by atoms with van der Waals surface area (Å²) < 4.78 is 5.66. The fourth-order valence-corrected chi connectivity index (χ4v) is 4.13. The van der Waals surface area contributed by atoms with Crippen LogP contribution in [0.4, 0.5) is 10.5 Å². The van der Waals surface area contributed by atoms with E-state index in [4.69, 9.17) is 4.74 Å². The number of para-hydroxylation sites is 1. The number of methoxy groups -OCH3 is 1. The molecule has 0 spiro atoms. The van der Waals surface area contributed by atoms with Crippen LogP contribution in [0.15, 0.2) is 41.3 Å². The molecule has 0 atom stereocenters. The number of carbonyl (C=O) groups is 3. The number of phenols is 1. The van der Waals surface area contributed by atoms with Crippen LogP contribution in [0.2, 0.25) is 0 Å². The molecule has 1 fully saturated rings. The first-order chi connectivity index (χ1) is 13.8. The molecule has 29 heavy (non-hydrogen) atoms. The van der Waals surface area contributed by atoms with E-state index >= 15 is 0 Å². The van der Waals surface area contributed by atoms with Crippen molar-refractivity contribution in [2.24, 2.45) is 0 Å². The fraction of sp³-hybridized carbons (Fsp3) is 0.150. The summed E-state index contributed by atoms with van der Waals surface area (Å²) >= 11 is 2.71. The molecule has 0 aliphatic carbocycles. The number of aryl methyl sites for hydroxylation is 1. The Hall–Kier alpha value is -2.53. The van der Waals surface area contributed by atoms with E-state index in [0.29, 0.717) is 14.8 Å². The van der Waals surface area contributed by atoms with Gasteiger partial charge in [-0.1, -0.05) is 18.2 Å². The lowest BCUT2D eigenvalue weighted by Crippen LogP contribution is -2.36. The van der Waals surface area contributed by atoms with E-state index in [0.717, 1.165) is 22.2 Å². The van der Waals surface area contributed by atoms with Crippen LogP contribution in [-0.4, -0.2) is 40.7 Å². The van der Waals surface area contributed by atoms with Gasteiger partial charge in [-0.3, -0.25) is 19.3 Å². The summed E-state index contributed by atoms with van der Waals surface area (Å²) in [4.78, 5) is 38.3. The van der Waals surface area contributed by atoms with Crippen molar-refractivity contribution in [2.75, 3.05) is 19.0 Å². The van der Waals surface area contributed by atoms with Crippen LogP contribution in [0, 0.1) is 10.5 Å². The molecule has 2 N–H and O–H groups in total. The second-order valence-corrected chi connectivity index (χ2v) is 8.34. The van der Waals surface area contributed by atoms with Gasteiger partial charge in [0.25, 0.3) is 11.1 Å². The smallest absolute Gasteiger partial charge is 0.294 e. The van der Waals surface area contributed by atoms with E-state index in [1.807, 2.05) is 41.6 Å². The number of hydrogen-bond acceptors (Lipinski definition) is 6. The summed E-state index contributed by atoms with van der Waals surface area (Å²) in [7, 11) is 1.43. The largest absolute Gasteiger partial charge is 0.504 e.